The molecule has 0 aliphatic heterocycles. The molecule has 2 aromatic rings. The van der Waals surface area contributed by atoms with Gasteiger partial charge in [0, 0.05) is 6.92 Å². The van der Waals surface area contributed by atoms with Gasteiger partial charge in [0.1, 0.15) is 11.5 Å². The second-order valence-corrected chi connectivity index (χ2v) is 5.50. The number of benzene rings is 2. The Kier molecular flexibility index (Phi) is 6.69. The van der Waals surface area contributed by atoms with E-state index in [1.54, 1.807) is 24.3 Å². The minimum Gasteiger partial charge on any atom is -0.495 e. The zero-order valence-corrected chi connectivity index (χ0v) is 15.5. The van der Waals surface area contributed by atoms with Crippen molar-refractivity contribution < 1.29 is 29.0 Å². The average molecular weight is 385 g/mol. The van der Waals surface area contributed by atoms with Crippen molar-refractivity contribution in [3.05, 3.63) is 48.0 Å². The highest BCUT2D eigenvalue weighted by Gasteiger charge is 2.19. The molecule has 0 saturated carbocycles. The molecule has 0 unspecified atom stereocenters. The number of carboxylic acid groups (broad SMARTS) is 1. The maximum absolute atomic E-state index is 12.5. The number of Topliss-reactive ketones (excluding diaryl/α,β-unsaturated/α-hetero) is 1. The minimum absolute atomic E-state index is 0.0126. The fourth-order valence-electron chi connectivity index (χ4n) is 2.26. The van der Waals surface area contributed by atoms with E-state index in [4.69, 9.17) is 14.6 Å². The van der Waals surface area contributed by atoms with E-state index < -0.39 is 23.4 Å². The fraction of sp³-hybridized carbons (Fsp3) is 0.158. The molecule has 9 nitrogen and oxygen atoms in total. The Morgan fingerprint density at radius 2 is 1.61 bits per heavy atom. The normalized spacial score (nSPS) is 10.8. The Labute approximate surface area is 161 Å². The SMILES string of the molecule is COc1ccc(C(=O)O)cc1N/N=C(/C(C)=O)C(=O)Nc1ccccc1OC. The molecule has 0 spiro atoms. The summed E-state index contributed by atoms with van der Waals surface area (Å²) in [5.41, 5.74) is 2.66. The number of rotatable bonds is 8. The summed E-state index contributed by atoms with van der Waals surface area (Å²) < 4.78 is 10.3. The van der Waals surface area contributed by atoms with E-state index in [0.717, 1.165) is 0 Å². The third kappa shape index (κ3) is 4.85. The van der Waals surface area contributed by atoms with Crippen LogP contribution in [-0.2, 0) is 9.59 Å². The summed E-state index contributed by atoms with van der Waals surface area (Å²) >= 11 is 0. The lowest BCUT2D eigenvalue weighted by molar-refractivity contribution is -0.114. The molecule has 0 heterocycles. The lowest BCUT2D eigenvalue weighted by atomic mass is 10.2. The standard InChI is InChI=1S/C19H19N3O6/c1-11(23)17(18(24)20-13-6-4-5-7-15(13)27-2)22-21-14-10-12(19(25)26)8-9-16(14)28-3/h4-10,21H,1-3H3,(H,20,24)(H,25,26)/b22-17-. The van der Waals surface area contributed by atoms with Crippen LogP contribution in [0.2, 0.25) is 0 Å². The molecule has 146 valence electrons. The number of carbonyl (C=O) groups is 3. The van der Waals surface area contributed by atoms with Crippen LogP contribution in [0, 0.1) is 0 Å². The lowest BCUT2D eigenvalue weighted by Crippen LogP contribution is -2.29. The maximum atomic E-state index is 12.5. The second kappa shape index (κ2) is 9.17. The van der Waals surface area contributed by atoms with Crippen molar-refractivity contribution in [2.24, 2.45) is 5.10 Å². The zero-order chi connectivity index (χ0) is 20.7. The smallest absolute Gasteiger partial charge is 0.335 e. The third-order valence-electron chi connectivity index (χ3n) is 3.64. The van der Waals surface area contributed by atoms with E-state index in [-0.39, 0.29) is 11.3 Å². The van der Waals surface area contributed by atoms with Crippen molar-refractivity contribution in [3.8, 4) is 11.5 Å². The highest BCUT2D eigenvalue weighted by atomic mass is 16.5. The van der Waals surface area contributed by atoms with Crippen LogP contribution in [0.4, 0.5) is 11.4 Å². The molecule has 9 heteroatoms. The number of ketones is 1. The molecule has 0 bridgehead atoms. The summed E-state index contributed by atoms with van der Waals surface area (Å²) in [7, 11) is 2.85. The number of hydrazone groups is 1. The molecule has 28 heavy (non-hydrogen) atoms. The molecule has 1 amide bonds. The summed E-state index contributed by atoms with van der Waals surface area (Å²) in [5, 5.41) is 15.5. The van der Waals surface area contributed by atoms with Crippen LogP contribution < -0.4 is 20.2 Å². The molecule has 0 radical (unpaired) electrons. The molecular weight excluding hydrogens is 366 g/mol. The molecule has 0 aliphatic carbocycles. The van der Waals surface area contributed by atoms with Crippen molar-refractivity contribution in [1.29, 1.82) is 0 Å². The first-order valence-corrected chi connectivity index (χ1v) is 8.07. The Hall–Kier alpha value is -3.88. The molecule has 0 fully saturated rings. The van der Waals surface area contributed by atoms with E-state index >= 15 is 0 Å². The molecular formula is C19H19N3O6. The van der Waals surface area contributed by atoms with Crippen molar-refractivity contribution in [3.63, 3.8) is 0 Å². The number of nitrogens with one attached hydrogen (secondary N) is 2. The average Bonchev–Trinajstić information content (AvgIpc) is 2.68. The Morgan fingerprint density at radius 3 is 2.21 bits per heavy atom. The first kappa shape index (κ1) is 20.4. The number of hydrogen-bond acceptors (Lipinski definition) is 7. The van der Waals surface area contributed by atoms with Gasteiger partial charge in [-0.25, -0.2) is 4.79 Å². The van der Waals surface area contributed by atoms with Crippen LogP contribution in [0.5, 0.6) is 11.5 Å². The molecule has 3 N–H and O–H groups in total. The Bertz CT molecular complexity index is 939. The summed E-state index contributed by atoms with van der Waals surface area (Å²) in [6.45, 7) is 1.19. The van der Waals surface area contributed by atoms with E-state index in [1.807, 2.05) is 0 Å². The van der Waals surface area contributed by atoms with Gasteiger partial charge < -0.3 is 19.9 Å². The van der Waals surface area contributed by atoms with Gasteiger partial charge in [0.05, 0.1) is 31.2 Å². The number of hydrogen-bond donors (Lipinski definition) is 3. The van der Waals surface area contributed by atoms with Gasteiger partial charge in [-0.05, 0) is 30.3 Å². The molecule has 0 aromatic heterocycles. The largest absolute Gasteiger partial charge is 0.495 e. The van der Waals surface area contributed by atoms with Crippen LogP contribution in [0.15, 0.2) is 47.6 Å². The summed E-state index contributed by atoms with van der Waals surface area (Å²) in [6.07, 6.45) is 0. The first-order chi connectivity index (χ1) is 13.4. The molecule has 0 aliphatic rings. The predicted molar refractivity (Wildman–Crippen MR) is 103 cm³/mol. The Morgan fingerprint density at radius 1 is 0.964 bits per heavy atom. The summed E-state index contributed by atoms with van der Waals surface area (Å²) in [4.78, 5) is 35.5. The maximum Gasteiger partial charge on any atom is 0.335 e. The molecule has 0 atom stereocenters. The quantitative estimate of drug-likeness (QED) is 0.362. The van der Waals surface area contributed by atoms with Crippen LogP contribution in [0.1, 0.15) is 17.3 Å². The van der Waals surface area contributed by atoms with Gasteiger partial charge in [0.25, 0.3) is 5.91 Å². The van der Waals surface area contributed by atoms with Crippen molar-refractivity contribution >= 4 is 34.7 Å². The predicted octanol–water partition coefficient (Wildman–Crippen LogP) is 2.40. The fourth-order valence-corrected chi connectivity index (χ4v) is 2.26. The molecule has 2 aromatic carbocycles. The van der Waals surface area contributed by atoms with Crippen molar-refractivity contribution in [2.75, 3.05) is 25.0 Å². The van der Waals surface area contributed by atoms with Gasteiger partial charge in [-0.1, -0.05) is 12.1 Å². The number of amides is 1. The lowest BCUT2D eigenvalue weighted by Gasteiger charge is -2.11. The highest BCUT2D eigenvalue weighted by molar-refractivity contribution is 6.67. The number of carboxylic acids is 1. The van der Waals surface area contributed by atoms with E-state index in [2.05, 4.69) is 15.8 Å². The Balaban J connectivity index is 2.30. The van der Waals surface area contributed by atoms with Crippen LogP contribution in [-0.4, -0.2) is 42.7 Å². The van der Waals surface area contributed by atoms with Gasteiger partial charge in [0.15, 0.2) is 11.5 Å². The van der Waals surface area contributed by atoms with Gasteiger partial charge in [-0.3, -0.25) is 15.0 Å². The molecule has 0 saturated heterocycles. The number of nitrogens with zero attached hydrogens (tertiary/aromatic N) is 1. The van der Waals surface area contributed by atoms with Crippen LogP contribution in [0.3, 0.4) is 0 Å². The van der Waals surface area contributed by atoms with Gasteiger partial charge in [0.2, 0.25) is 0 Å². The number of methoxy groups -OCH3 is 2. The third-order valence-corrected chi connectivity index (χ3v) is 3.64. The number of aromatic carboxylic acids is 1. The van der Waals surface area contributed by atoms with Gasteiger partial charge in [-0.15, -0.1) is 0 Å². The van der Waals surface area contributed by atoms with E-state index in [9.17, 15) is 14.4 Å². The number of para-hydroxylation sites is 2. The number of carbonyl (C=O) groups excluding carboxylic acids is 2. The van der Waals surface area contributed by atoms with Gasteiger partial charge in [-0.2, -0.15) is 5.10 Å². The number of ether oxygens (including phenoxy) is 2. The minimum atomic E-state index is -1.14. The van der Waals surface area contributed by atoms with Crippen LogP contribution >= 0.6 is 0 Å². The van der Waals surface area contributed by atoms with Crippen LogP contribution in [0.25, 0.3) is 0 Å². The summed E-state index contributed by atoms with van der Waals surface area (Å²) in [5.74, 6) is -1.77. The topological polar surface area (TPSA) is 126 Å². The zero-order valence-electron chi connectivity index (χ0n) is 15.5. The van der Waals surface area contributed by atoms with E-state index in [1.165, 1.54) is 39.3 Å². The van der Waals surface area contributed by atoms with Gasteiger partial charge >= 0.3 is 5.97 Å². The summed E-state index contributed by atoms with van der Waals surface area (Å²) in [6, 6.07) is 10.8. The van der Waals surface area contributed by atoms with Crippen molar-refractivity contribution in [2.45, 2.75) is 6.92 Å². The van der Waals surface area contributed by atoms with Crippen molar-refractivity contribution in [1.82, 2.24) is 0 Å². The van der Waals surface area contributed by atoms with E-state index in [0.29, 0.717) is 17.2 Å². The monoisotopic (exact) mass is 385 g/mol. The number of anilines is 2. The highest BCUT2D eigenvalue weighted by Crippen LogP contribution is 2.26. The molecule has 2 rings (SSSR count). The second-order valence-electron chi connectivity index (χ2n) is 5.50. The first-order valence-electron chi connectivity index (χ1n) is 8.07.